The van der Waals surface area contributed by atoms with Gasteiger partial charge in [0, 0.05) is 52.3 Å². The summed E-state index contributed by atoms with van der Waals surface area (Å²) in [6.45, 7) is 6.41. The molecule has 132 valence electrons. The van der Waals surface area contributed by atoms with Crippen LogP contribution in [0.3, 0.4) is 0 Å². The normalized spacial score (nSPS) is 16.2. The summed E-state index contributed by atoms with van der Waals surface area (Å²) in [5.74, 6) is -0.0206. The number of nitrogens with two attached hydrogens (primary N) is 1. The van der Waals surface area contributed by atoms with Gasteiger partial charge in [0.05, 0.1) is 13.2 Å². The Balaban J connectivity index is 0. The molecule has 0 aliphatic carbocycles. The van der Waals surface area contributed by atoms with Gasteiger partial charge < -0.3 is 20.7 Å². The van der Waals surface area contributed by atoms with Crippen molar-refractivity contribution in [3.8, 4) is 0 Å². The molecule has 0 saturated carbocycles. The summed E-state index contributed by atoms with van der Waals surface area (Å²) in [4.78, 5) is 27.5. The summed E-state index contributed by atoms with van der Waals surface area (Å²) < 4.78 is 4.87. The molecule has 1 atom stereocenters. The SMILES string of the molecule is COCCNC(=O)CN1CCN(C(=O)C(C)CN)CC1.Cl.Cl. The van der Waals surface area contributed by atoms with Crippen LogP contribution in [0.5, 0.6) is 0 Å². The minimum Gasteiger partial charge on any atom is -0.383 e. The molecule has 22 heavy (non-hydrogen) atoms. The standard InChI is InChI=1S/C13H26N4O3.2ClH/c1-11(9-14)13(19)17-6-4-16(5-7-17)10-12(18)15-3-8-20-2;;/h11H,3-10,14H2,1-2H3,(H,15,18);2*1H. The van der Waals surface area contributed by atoms with Gasteiger partial charge in [-0.2, -0.15) is 0 Å². The van der Waals surface area contributed by atoms with E-state index < -0.39 is 0 Å². The molecule has 1 rings (SSSR count). The average molecular weight is 359 g/mol. The zero-order valence-electron chi connectivity index (χ0n) is 13.2. The van der Waals surface area contributed by atoms with Crippen LogP contribution in [0.1, 0.15) is 6.92 Å². The number of hydrogen-bond donors (Lipinski definition) is 2. The number of carbonyl (C=O) groups is 2. The molecule has 2 amide bonds. The fraction of sp³-hybridized carbons (Fsp3) is 0.846. The van der Waals surface area contributed by atoms with Crippen LogP contribution in [-0.2, 0) is 14.3 Å². The van der Waals surface area contributed by atoms with Crippen molar-refractivity contribution in [2.45, 2.75) is 6.92 Å². The van der Waals surface area contributed by atoms with Crippen LogP contribution in [0, 0.1) is 5.92 Å². The lowest BCUT2D eigenvalue weighted by molar-refractivity contribution is -0.136. The number of nitrogens with one attached hydrogen (secondary N) is 1. The molecule has 3 N–H and O–H groups in total. The number of methoxy groups -OCH3 is 1. The Hall–Kier alpha value is -0.600. The molecule has 0 aromatic carbocycles. The molecule has 1 aliphatic heterocycles. The molecule has 1 heterocycles. The molecule has 1 unspecified atom stereocenters. The first-order chi connectivity index (χ1) is 9.58. The van der Waals surface area contributed by atoms with Gasteiger partial charge >= 0.3 is 0 Å². The highest BCUT2D eigenvalue weighted by atomic mass is 35.5. The van der Waals surface area contributed by atoms with E-state index >= 15 is 0 Å². The lowest BCUT2D eigenvalue weighted by atomic mass is 10.1. The quantitative estimate of drug-likeness (QED) is 0.589. The van der Waals surface area contributed by atoms with Gasteiger partial charge in [-0.3, -0.25) is 14.5 Å². The third-order valence-electron chi connectivity index (χ3n) is 3.45. The van der Waals surface area contributed by atoms with Gasteiger partial charge in [-0.25, -0.2) is 0 Å². The average Bonchev–Trinajstić information content (AvgIpc) is 2.46. The summed E-state index contributed by atoms with van der Waals surface area (Å²) >= 11 is 0. The largest absolute Gasteiger partial charge is 0.383 e. The number of rotatable bonds is 7. The molecule has 0 aromatic heterocycles. The van der Waals surface area contributed by atoms with E-state index in [2.05, 4.69) is 10.2 Å². The van der Waals surface area contributed by atoms with Crippen molar-refractivity contribution in [1.29, 1.82) is 0 Å². The molecule has 0 spiro atoms. The van der Waals surface area contributed by atoms with Crippen molar-refractivity contribution < 1.29 is 14.3 Å². The number of ether oxygens (including phenoxy) is 1. The van der Waals surface area contributed by atoms with Crippen LogP contribution < -0.4 is 11.1 Å². The van der Waals surface area contributed by atoms with Gasteiger partial charge in [-0.15, -0.1) is 24.8 Å². The van der Waals surface area contributed by atoms with Gasteiger partial charge in [0.2, 0.25) is 11.8 Å². The van der Waals surface area contributed by atoms with Gasteiger partial charge in [0.15, 0.2) is 0 Å². The molecular weight excluding hydrogens is 331 g/mol. The van der Waals surface area contributed by atoms with E-state index in [1.165, 1.54) is 0 Å². The number of piperazine rings is 1. The summed E-state index contributed by atoms with van der Waals surface area (Å²) in [5, 5.41) is 2.79. The number of amides is 2. The van der Waals surface area contributed by atoms with Gasteiger partial charge in [-0.1, -0.05) is 6.92 Å². The Labute approximate surface area is 144 Å². The summed E-state index contributed by atoms with van der Waals surface area (Å²) in [6.07, 6.45) is 0. The summed E-state index contributed by atoms with van der Waals surface area (Å²) in [5.41, 5.74) is 5.51. The van der Waals surface area contributed by atoms with Crippen molar-refractivity contribution in [2.75, 3.05) is 59.5 Å². The van der Waals surface area contributed by atoms with E-state index in [1.807, 2.05) is 11.8 Å². The highest BCUT2D eigenvalue weighted by Gasteiger charge is 2.24. The molecule has 0 aromatic rings. The highest BCUT2D eigenvalue weighted by Crippen LogP contribution is 2.06. The summed E-state index contributed by atoms with van der Waals surface area (Å²) in [7, 11) is 1.60. The first-order valence-electron chi connectivity index (χ1n) is 7.05. The van der Waals surface area contributed by atoms with Crippen molar-refractivity contribution >= 4 is 36.6 Å². The smallest absolute Gasteiger partial charge is 0.234 e. The number of hydrogen-bond acceptors (Lipinski definition) is 5. The maximum Gasteiger partial charge on any atom is 0.234 e. The van der Waals surface area contributed by atoms with Gasteiger partial charge in [0.1, 0.15) is 0 Å². The topological polar surface area (TPSA) is 87.9 Å². The maximum atomic E-state index is 12.0. The lowest BCUT2D eigenvalue weighted by Crippen LogP contribution is -2.52. The minimum atomic E-state index is -0.126. The van der Waals surface area contributed by atoms with Crippen LogP contribution >= 0.6 is 24.8 Å². The fourth-order valence-corrected chi connectivity index (χ4v) is 2.09. The number of carbonyl (C=O) groups excluding carboxylic acids is 2. The predicted octanol–water partition coefficient (Wildman–Crippen LogP) is -0.668. The molecule has 9 heteroatoms. The molecule has 7 nitrogen and oxygen atoms in total. The minimum absolute atomic E-state index is 0. The number of halogens is 2. The lowest BCUT2D eigenvalue weighted by Gasteiger charge is -2.35. The van der Waals surface area contributed by atoms with E-state index in [0.717, 1.165) is 13.1 Å². The van der Waals surface area contributed by atoms with Gasteiger partial charge in [-0.05, 0) is 0 Å². The van der Waals surface area contributed by atoms with Crippen LogP contribution in [-0.4, -0.2) is 81.1 Å². The van der Waals surface area contributed by atoms with Crippen molar-refractivity contribution in [3.05, 3.63) is 0 Å². The van der Waals surface area contributed by atoms with E-state index in [4.69, 9.17) is 10.5 Å². The van der Waals surface area contributed by atoms with E-state index in [1.54, 1.807) is 7.11 Å². The van der Waals surface area contributed by atoms with E-state index in [9.17, 15) is 9.59 Å². The molecule has 0 radical (unpaired) electrons. The Kier molecular flexibility index (Phi) is 13.9. The Bertz CT molecular complexity index is 326. The second-order valence-corrected chi connectivity index (χ2v) is 5.08. The molecule has 1 aliphatic rings. The Morgan fingerprint density at radius 3 is 2.32 bits per heavy atom. The van der Waals surface area contributed by atoms with Crippen molar-refractivity contribution in [1.82, 2.24) is 15.1 Å². The fourth-order valence-electron chi connectivity index (χ4n) is 2.09. The molecule has 1 saturated heterocycles. The first-order valence-corrected chi connectivity index (χ1v) is 7.05. The second-order valence-electron chi connectivity index (χ2n) is 5.08. The van der Waals surface area contributed by atoms with Crippen LogP contribution in [0.2, 0.25) is 0 Å². The van der Waals surface area contributed by atoms with Crippen molar-refractivity contribution in [3.63, 3.8) is 0 Å². The Morgan fingerprint density at radius 2 is 1.82 bits per heavy atom. The molecular formula is C13H28Cl2N4O3. The van der Waals surface area contributed by atoms with Crippen LogP contribution in [0.25, 0.3) is 0 Å². The van der Waals surface area contributed by atoms with Crippen molar-refractivity contribution in [2.24, 2.45) is 11.7 Å². The summed E-state index contributed by atoms with van der Waals surface area (Å²) in [6, 6.07) is 0. The van der Waals surface area contributed by atoms with E-state index in [0.29, 0.717) is 39.3 Å². The predicted molar refractivity (Wildman–Crippen MR) is 90.6 cm³/mol. The Morgan fingerprint density at radius 1 is 1.23 bits per heavy atom. The number of nitrogens with zero attached hydrogens (tertiary/aromatic N) is 2. The third kappa shape index (κ3) is 8.14. The van der Waals surface area contributed by atoms with Crippen LogP contribution in [0.15, 0.2) is 0 Å². The highest BCUT2D eigenvalue weighted by molar-refractivity contribution is 5.85. The maximum absolute atomic E-state index is 12.0. The zero-order valence-corrected chi connectivity index (χ0v) is 14.9. The zero-order chi connectivity index (χ0) is 15.0. The molecule has 1 fully saturated rings. The first kappa shape index (κ1) is 23.7. The van der Waals surface area contributed by atoms with E-state index in [-0.39, 0.29) is 42.5 Å². The monoisotopic (exact) mass is 358 g/mol. The third-order valence-corrected chi connectivity index (χ3v) is 3.45. The molecule has 0 bridgehead atoms. The second kappa shape index (κ2) is 12.9. The van der Waals surface area contributed by atoms with Gasteiger partial charge in [0.25, 0.3) is 0 Å². The van der Waals surface area contributed by atoms with Crippen LogP contribution in [0.4, 0.5) is 0 Å².